The van der Waals surface area contributed by atoms with Crippen molar-refractivity contribution in [1.29, 1.82) is 0 Å². The molecule has 2 aliphatic rings. The Balaban J connectivity index is 1.39. The normalized spacial score (nSPS) is 19.6. The van der Waals surface area contributed by atoms with E-state index in [1.54, 1.807) is 6.92 Å². The van der Waals surface area contributed by atoms with E-state index >= 15 is 0 Å². The number of carbonyl (C=O) groups excluding carboxylic acids is 2. The molecule has 1 heterocycles. The van der Waals surface area contributed by atoms with Crippen LogP contribution in [0.4, 0.5) is 5.69 Å². The number of ether oxygens (including phenoxy) is 1. The minimum Gasteiger partial charge on any atom is -0.452 e. The van der Waals surface area contributed by atoms with Crippen molar-refractivity contribution in [3.63, 3.8) is 0 Å². The van der Waals surface area contributed by atoms with Crippen LogP contribution >= 0.6 is 0 Å². The summed E-state index contributed by atoms with van der Waals surface area (Å²) in [6.45, 7) is 1.06. The Hall–Kier alpha value is -4.59. The van der Waals surface area contributed by atoms with Gasteiger partial charge in [-0.15, -0.1) is 0 Å². The predicted octanol–water partition coefficient (Wildman–Crippen LogP) is 5.88. The second-order valence-corrected chi connectivity index (χ2v) is 9.49. The van der Waals surface area contributed by atoms with E-state index in [9.17, 15) is 19.7 Å². The number of allylic oxidation sites excluding steroid dienone is 1. The molecule has 2 atom stereocenters. The smallest absolute Gasteiger partial charge is 0.338 e. The van der Waals surface area contributed by atoms with Crippen molar-refractivity contribution in [2.75, 3.05) is 6.61 Å². The van der Waals surface area contributed by atoms with Crippen LogP contribution < -0.4 is 0 Å². The first-order valence-corrected chi connectivity index (χ1v) is 12.6. The highest BCUT2D eigenvalue weighted by Gasteiger charge is 2.43. The highest BCUT2D eigenvalue weighted by Crippen LogP contribution is 2.44. The third-order valence-corrected chi connectivity index (χ3v) is 6.99. The molecule has 1 saturated carbocycles. The molecule has 0 saturated heterocycles. The molecule has 0 aromatic heterocycles. The van der Waals surface area contributed by atoms with Crippen molar-refractivity contribution in [2.45, 2.75) is 32.2 Å². The van der Waals surface area contributed by atoms with Crippen LogP contribution in [0.25, 0.3) is 6.08 Å². The Morgan fingerprint density at radius 1 is 1.08 bits per heavy atom. The molecule has 1 amide bonds. The number of hydrogen-bond acceptors (Lipinski definition) is 6. The molecule has 8 heteroatoms. The maximum atomic E-state index is 13.4. The van der Waals surface area contributed by atoms with E-state index < -0.39 is 23.4 Å². The van der Waals surface area contributed by atoms with Crippen molar-refractivity contribution >= 4 is 29.4 Å². The van der Waals surface area contributed by atoms with E-state index in [1.807, 2.05) is 60.7 Å². The number of benzene rings is 3. The molecule has 1 fully saturated rings. The number of rotatable bonds is 6. The van der Waals surface area contributed by atoms with Crippen molar-refractivity contribution < 1.29 is 19.2 Å². The molecule has 0 radical (unpaired) electrons. The summed E-state index contributed by atoms with van der Waals surface area (Å²) in [6, 6.07) is 23.5. The number of aryl methyl sites for hydroxylation is 1. The maximum Gasteiger partial charge on any atom is 0.338 e. The fraction of sp³-hybridized carbons (Fsp3) is 0.233. The summed E-state index contributed by atoms with van der Waals surface area (Å²) >= 11 is 0. The van der Waals surface area contributed by atoms with Gasteiger partial charge in [-0.3, -0.25) is 14.9 Å². The monoisotopic (exact) mass is 509 g/mol. The molecular weight excluding hydrogens is 482 g/mol. The van der Waals surface area contributed by atoms with E-state index in [0.29, 0.717) is 5.56 Å². The lowest BCUT2D eigenvalue weighted by atomic mass is 9.77. The van der Waals surface area contributed by atoms with Crippen LogP contribution in [0.1, 0.15) is 52.4 Å². The third kappa shape index (κ3) is 5.11. The molecule has 2 unspecified atom stereocenters. The molecule has 8 nitrogen and oxygen atoms in total. The summed E-state index contributed by atoms with van der Waals surface area (Å²) in [6.07, 6.45) is 4.90. The lowest BCUT2D eigenvalue weighted by Gasteiger charge is -2.29. The van der Waals surface area contributed by atoms with E-state index in [1.165, 1.54) is 23.2 Å². The molecule has 1 aliphatic carbocycles. The molecule has 0 bridgehead atoms. The van der Waals surface area contributed by atoms with Gasteiger partial charge in [-0.25, -0.2) is 9.80 Å². The van der Waals surface area contributed by atoms with Crippen LogP contribution in [0, 0.1) is 23.0 Å². The van der Waals surface area contributed by atoms with Gasteiger partial charge in [0.25, 0.3) is 11.6 Å². The predicted molar refractivity (Wildman–Crippen MR) is 143 cm³/mol. The molecule has 3 aromatic rings. The number of nitrogens with zero attached hydrogens (tertiary/aromatic N) is 3. The second kappa shape index (κ2) is 10.8. The Bertz CT molecular complexity index is 1430. The average Bonchev–Trinajstić information content (AvgIpc) is 3.33. The Morgan fingerprint density at radius 3 is 2.47 bits per heavy atom. The zero-order valence-electron chi connectivity index (χ0n) is 20.9. The third-order valence-electron chi connectivity index (χ3n) is 6.99. The minimum atomic E-state index is -0.721. The van der Waals surface area contributed by atoms with Gasteiger partial charge in [0.05, 0.1) is 22.2 Å². The van der Waals surface area contributed by atoms with Crippen LogP contribution in [-0.4, -0.2) is 34.1 Å². The fourth-order valence-corrected chi connectivity index (χ4v) is 5.21. The molecule has 0 spiro atoms. The van der Waals surface area contributed by atoms with Gasteiger partial charge in [-0.05, 0) is 61.1 Å². The zero-order chi connectivity index (χ0) is 26.6. The first-order chi connectivity index (χ1) is 18.4. The molecule has 5 rings (SSSR count). The Morgan fingerprint density at radius 2 is 1.79 bits per heavy atom. The SMILES string of the molecule is Cc1cc(C(=O)OCC(=O)N2N=C3C(=Cc4ccccc4)CCCC3C2c2ccccc2)ccc1[N+](=O)[O-]. The molecule has 1 aliphatic heterocycles. The van der Waals surface area contributed by atoms with Gasteiger partial charge in [0.1, 0.15) is 0 Å². The molecule has 192 valence electrons. The first kappa shape index (κ1) is 25.1. The van der Waals surface area contributed by atoms with Crippen LogP contribution in [0.15, 0.2) is 89.5 Å². The summed E-state index contributed by atoms with van der Waals surface area (Å²) in [5.41, 5.74) is 4.48. The average molecular weight is 510 g/mol. The highest BCUT2D eigenvalue weighted by atomic mass is 16.6. The van der Waals surface area contributed by atoms with Gasteiger partial charge in [0.15, 0.2) is 6.61 Å². The van der Waals surface area contributed by atoms with Crippen molar-refractivity contribution in [2.24, 2.45) is 11.0 Å². The lowest BCUT2D eigenvalue weighted by molar-refractivity contribution is -0.385. The number of hydrogen-bond donors (Lipinski definition) is 0. The number of fused-ring (bicyclic) bond motifs is 1. The first-order valence-electron chi connectivity index (χ1n) is 12.6. The maximum absolute atomic E-state index is 13.4. The quantitative estimate of drug-likeness (QED) is 0.234. The number of esters is 1. The molecule has 38 heavy (non-hydrogen) atoms. The van der Waals surface area contributed by atoms with Crippen LogP contribution in [0.2, 0.25) is 0 Å². The largest absolute Gasteiger partial charge is 0.452 e. The number of nitro groups is 1. The molecular formula is C30H27N3O5. The van der Waals surface area contributed by atoms with E-state index in [0.717, 1.165) is 41.7 Å². The van der Waals surface area contributed by atoms with E-state index in [4.69, 9.17) is 9.84 Å². The second-order valence-electron chi connectivity index (χ2n) is 9.49. The van der Waals surface area contributed by atoms with Crippen molar-refractivity contribution in [1.82, 2.24) is 5.01 Å². The number of nitro benzene ring substituents is 1. The highest BCUT2D eigenvalue weighted by molar-refractivity contribution is 6.08. The van der Waals surface area contributed by atoms with Crippen molar-refractivity contribution in [3.05, 3.63) is 117 Å². The molecule has 3 aromatic carbocycles. The van der Waals surface area contributed by atoms with Crippen molar-refractivity contribution in [3.8, 4) is 0 Å². The van der Waals surface area contributed by atoms with Gasteiger partial charge in [0, 0.05) is 17.5 Å². The van der Waals surface area contributed by atoms with Gasteiger partial charge in [-0.2, -0.15) is 5.10 Å². The van der Waals surface area contributed by atoms with Gasteiger partial charge in [0.2, 0.25) is 0 Å². The van der Waals surface area contributed by atoms with Gasteiger partial charge in [-0.1, -0.05) is 60.7 Å². The Labute approximate surface area is 220 Å². The van der Waals surface area contributed by atoms with Crippen LogP contribution in [0.5, 0.6) is 0 Å². The number of amides is 1. The number of carbonyl (C=O) groups is 2. The standard InChI is InChI=1S/C30H27N3O5/c1-20-17-24(15-16-26(20)33(36)37)30(35)38-19-27(34)32-29(22-11-6-3-7-12-22)25-14-8-13-23(28(25)31-32)18-21-9-4-2-5-10-21/h2-7,9-12,15-18,25,29H,8,13-14,19H2,1H3. The summed E-state index contributed by atoms with van der Waals surface area (Å²) in [5, 5.41) is 17.3. The molecule has 0 N–H and O–H groups in total. The van der Waals surface area contributed by atoms with E-state index in [2.05, 4.69) is 6.08 Å². The summed E-state index contributed by atoms with van der Waals surface area (Å²) in [7, 11) is 0. The van der Waals surface area contributed by atoms with Gasteiger partial charge < -0.3 is 4.74 Å². The fourth-order valence-electron chi connectivity index (χ4n) is 5.21. The van der Waals surface area contributed by atoms with Crippen LogP contribution in [-0.2, 0) is 9.53 Å². The lowest BCUT2D eigenvalue weighted by Crippen LogP contribution is -2.34. The van der Waals surface area contributed by atoms with Gasteiger partial charge >= 0.3 is 5.97 Å². The minimum absolute atomic E-state index is 0.0399. The van der Waals surface area contributed by atoms with Crippen LogP contribution in [0.3, 0.4) is 0 Å². The summed E-state index contributed by atoms with van der Waals surface area (Å²) in [4.78, 5) is 36.6. The topological polar surface area (TPSA) is 102 Å². The van der Waals surface area contributed by atoms with E-state index in [-0.39, 0.29) is 23.2 Å². The zero-order valence-corrected chi connectivity index (χ0v) is 20.9. The Kier molecular flexibility index (Phi) is 7.13. The summed E-state index contributed by atoms with van der Waals surface area (Å²) < 4.78 is 5.33. The number of hydrazone groups is 1. The summed E-state index contributed by atoms with van der Waals surface area (Å²) in [5.74, 6) is -1.11.